The average Bonchev–Trinajstić information content (AvgIpc) is 3.56. The van der Waals surface area contributed by atoms with Crippen LogP contribution in [-0.2, 0) is 35.0 Å². The molecule has 0 bridgehead atoms. The van der Waals surface area contributed by atoms with Crippen LogP contribution in [0.4, 0.5) is 0 Å². The molecule has 0 saturated carbocycles. The first-order valence-corrected chi connectivity index (χ1v) is 23.6. The van der Waals surface area contributed by atoms with Gasteiger partial charge in [0.2, 0.25) is 0 Å². The Morgan fingerprint density at radius 1 is 0.933 bits per heavy atom. The Morgan fingerprint density at radius 3 is 2.32 bits per heavy atom. The number of carboxylic acids is 1. The van der Waals surface area contributed by atoms with Crippen molar-refractivity contribution >= 4 is 5.97 Å². The largest absolute Gasteiger partial charge is 0.508 e. The van der Waals surface area contributed by atoms with Crippen LogP contribution in [0.5, 0.6) is 5.75 Å². The number of para-hydroxylation sites is 1. The van der Waals surface area contributed by atoms with E-state index < -0.39 is 40.8 Å². The summed E-state index contributed by atoms with van der Waals surface area (Å²) in [5.41, 5.74) is -0.746. The van der Waals surface area contributed by atoms with Crippen molar-refractivity contribution in [1.82, 2.24) is 5.32 Å². The van der Waals surface area contributed by atoms with Gasteiger partial charge < -0.3 is 49.4 Å². The van der Waals surface area contributed by atoms with Crippen LogP contribution in [0.3, 0.4) is 0 Å². The zero-order valence-electron chi connectivity index (χ0n) is 38.3. The Hall–Kier alpha value is -2.09. The molecule has 5 aliphatic heterocycles. The summed E-state index contributed by atoms with van der Waals surface area (Å²) in [6, 6.07) is 7.01. The van der Waals surface area contributed by atoms with Gasteiger partial charge in [0, 0.05) is 30.4 Å². The number of aliphatic hydroxyl groups excluding tert-OH is 1. The minimum atomic E-state index is -1.09. The number of rotatable bonds is 15. The summed E-state index contributed by atoms with van der Waals surface area (Å²) in [6.07, 6.45) is 10.3. The van der Waals surface area contributed by atoms with Gasteiger partial charge in [-0.3, -0.25) is 4.79 Å². The molecule has 4 fully saturated rings. The van der Waals surface area contributed by atoms with Crippen LogP contribution in [-0.4, -0.2) is 91.8 Å². The molecule has 0 unspecified atom stereocenters. The minimum Gasteiger partial charge on any atom is -0.508 e. The van der Waals surface area contributed by atoms with Crippen LogP contribution in [0.1, 0.15) is 145 Å². The SMILES string of the molecule is CC[C@@H](C[C@@H](C)[C@@H](O)[C@H](C)[C@@H]1O[C@@H]([C@@H](CC)C(=O)O)CC[C@@H]1C)[C@H]1O[C@]2(C=C[C@@H](NCc3ccccc3O)[C@]3(CC[C@@](C)([C@H]4CC[C@](O)(CC)[C@H](C)O4)O3)O2)[C@H](C)C[C@@H]1C. The van der Waals surface area contributed by atoms with Crippen LogP contribution < -0.4 is 5.32 Å². The molecule has 4 saturated heterocycles. The van der Waals surface area contributed by atoms with Crippen molar-refractivity contribution in [3.8, 4) is 5.75 Å². The second-order valence-corrected chi connectivity index (χ2v) is 20.1. The average molecular weight is 842 g/mol. The van der Waals surface area contributed by atoms with E-state index in [0.717, 1.165) is 37.7 Å². The highest BCUT2D eigenvalue weighted by molar-refractivity contribution is 5.70. The van der Waals surface area contributed by atoms with Gasteiger partial charge in [-0.1, -0.05) is 86.1 Å². The molecule has 18 atom stereocenters. The Bertz CT molecular complexity index is 1630. The van der Waals surface area contributed by atoms with Gasteiger partial charge in [0.1, 0.15) is 5.75 Å². The lowest BCUT2D eigenvalue weighted by Gasteiger charge is -2.55. The van der Waals surface area contributed by atoms with Crippen molar-refractivity contribution in [2.45, 2.75) is 212 Å². The van der Waals surface area contributed by atoms with Crippen molar-refractivity contribution in [3.63, 3.8) is 0 Å². The highest BCUT2D eigenvalue weighted by Gasteiger charge is 2.63. The van der Waals surface area contributed by atoms with Crippen molar-refractivity contribution in [2.24, 2.45) is 41.4 Å². The van der Waals surface area contributed by atoms with Crippen molar-refractivity contribution in [3.05, 3.63) is 42.0 Å². The normalized spacial score (nSPS) is 42.2. The highest BCUT2D eigenvalue weighted by atomic mass is 16.8. The molecule has 60 heavy (non-hydrogen) atoms. The summed E-state index contributed by atoms with van der Waals surface area (Å²) in [7, 11) is 0. The molecule has 6 rings (SSSR count). The topological polar surface area (TPSA) is 156 Å². The molecular weight excluding hydrogens is 763 g/mol. The van der Waals surface area contributed by atoms with E-state index in [1.165, 1.54) is 0 Å². The molecule has 11 nitrogen and oxygen atoms in total. The lowest BCUT2D eigenvalue weighted by molar-refractivity contribution is -0.399. The number of ether oxygens (including phenoxy) is 5. The maximum absolute atomic E-state index is 12.0. The van der Waals surface area contributed by atoms with Crippen LogP contribution >= 0.6 is 0 Å². The number of aliphatic hydroxyl groups is 2. The number of phenols is 1. The molecule has 1 aromatic rings. The summed E-state index contributed by atoms with van der Waals surface area (Å²) in [4.78, 5) is 12.0. The van der Waals surface area contributed by atoms with Crippen LogP contribution in [0, 0.1) is 41.4 Å². The summed E-state index contributed by atoms with van der Waals surface area (Å²) < 4.78 is 35.2. The Kier molecular flexibility index (Phi) is 15.0. The molecule has 5 N–H and O–H groups in total. The zero-order chi connectivity index (χ0) is 43.8. The number of carbonyl (C=O) groups is 1. The van der Waals surface area contributed by atoms with E-state index in [4.69, 9.17) is 23.7 Å². The zero-order valence-corrected chi connectivity index (χ0v) is 38.3. The van der Waals surface area contributed by atoms with Gasteiger partial charge in [-0.15, -0.1) is 0 Å². The molecule has 5 heterocycles. The molecule has 0 aliphatic carbocycles. The first-order chi connectivity index (χ1) is 28.3. The number of carboxylic acid groups (broad SMARTS) is 1. The number of phenolic OH excluding ortho intramolecular Hbond substituents is 1. The lowest BCUT2D eigenvalue weighted by atomic mass is 9.73. The monoisotopic (exact) mass is 842 g/mol. The third-order valence-electron chi connectivity index (χ3n) is 16.1. The number of benzene rings is 1. The first-order valence-electron chi connectivity index (χ1n) is 23.6. The first kappa shape index (κ1) is 47.4. The second-order valence-electron chi connectivity index (χ2n) is 20.1. The number of nitrogens with one attached hydrogen (secondary N) is 1. The molecular formula is C49H79NO10. The quantitative estimate of drug-likeness (QED) is 0.108. The summed E-state index contributed by atoms with van der Waals surface area (Å²) in [6.45, 7) is 21.4. The maximum Gasteiger partial charge on any atom is 0.309 e. The standard InChI is InChI=1S/C49H79NO10/c1-11-35(27-30(5)42(52)33(8)43-29(4)18-19-39(57-43)37(12-2)45(53)54)44-31(6)26-32(7)48(58-44)23-20-40(50-28-36-16-14-15-17-38(36)51)49(60-48)25-24-46(10,59-49)41-21-22-47(55,13-3)34(9)56-41/h14-17,20,23,29-35,37,39-44,50-52,55H,11-13,18-19,21-22,24-28H2,1-10H3,(H,53,54)/t29-,30+,31-,32+,33-,34-,35-,37+,39+,40+,41+,42+,43+,44-,46-,47+,48-,49-/m0/s1. The molecule has 2 spiro atoms. The van der Waals surface area contributed by atoms with Gasteiger partial charge in [0.05, 0.1) is 59.8 Å². The number of hydrogen-bond donors (Lipinski definition) is 5. The van der Waals surface area contributed by atoms with Crippen LogP contribution in [0.2, 0.25) is 0 Å². The predicted molar refractivity (Wildman–Crippen MR) is 231 cm³/mol. The fraction of sp³-hybridized carbons (Fsp3) is 0.816. The summed E-state index contributed by atoms with van der Waals surface area (Å²) in [5.74, 6) is -2.85. The lowest BCUT2D eigenvalue weighted by Crippen LogP contribution is -2.65. The fourth-order valence-corrected chi connectivity index (χ4v) is 11.8. The van der Waals surface area contributed by atoms with E-state index in [0.29, 0.717) is 45.1 Å². The van der Waals surface area contributed by atoms with Gasteiger partial charge in [0.15, 0.2) is 11.6 Å². The summed E-state index contributed by atoms with van der Waals surface area (Å²) in [5, 5.41) is 47.4. The second kappa shape index (κ2) is 18.9. The fourth-order valence-electron chi connectivity index (χ4n) is 11.8. The van der Waals surface area contributed by atoms with E-state index in [2.05, 4.69) is 65.9 Å². The molecule has 0 aromatic heterocycles. The molecule has 0 radical (unpaired) electrons. The number of aromatic hydroxyl groups is 1. The van der Waals surface area contributed by atoms with Gasteiger partial charge in [0.25, 0.3) is 0 Å². The van der Waals surface area contributed by atoms with Crippen molar-refractivity contribution in [2.75, 3.05) is 0 Å². The Morgan fingerprint density at radius 2 is 1.67 bits per heavy atom. The predicted octanol–water partition coefficient (Wildman–Crippen LogP) is 8.51. The Balaban J connectivity index is 1.22. The van der Waals surface area contributed by atoms with Gasteiger partial charge in [-0.05, 0) is 107 Å². The third-order valence-corrected chi connectivity index (χ3v) is 16.1. The highest BCUT2D eigenvalue weighted by Crippen LogP contribution is 2.54. The molecule has 5 aliphatic rings. The van der Waals surface area contributed by atoms with Gasteiger partial charge in [-0.25, -0.2) is 0 Å². The molecule has 11 heteroatoms. The molecule has 1 aromatic carbocycles. The van der Waals surface area contributed by atoms with Gasteiger partial charge in [-0.2, -0.15) is 0 Å². The van der Waals surface area contributed by atoms with Gasteiger partial charge >= 0.3 is 5.97 Å². The van der Waals surface area contributed by atoms with E-state index >= 15 is 0 Å². The van der Waals surface area contributed by atoms with E-state index in [-0.39, 0.29) is 77.8 Å². The van der Waals surface area contributed by atoms with Crippen molar-refractivity contribution in [1.29, 1.82) is 0 Å². The third kappa shape index (κ3) is 9.40. The number of hydrogen-bond acceptors (Lipinski definition) is 10. The van der Waals surface area contributed by atoms with Crippen LogP contribution in [0.25, 0.3) is 0 Å². The van der Waals surface area contributed by atoms with Crippen molar-refractivity contribution < 1.29 is 48.9 Å². The molecule has 0 amide bonds. The van der Waals surface area contributed by atoms with E-state index in [9.17, 15) is 25.2 Å². The minimum absolute atomic E-state index is 0.0214. The summed E-state index contributed by atoms with van der Waals surface area (Å²) >= 11 is 0. The molecule has 340 valence electrons. The van der Waals surface area contributed by atoms with E-state index in [1.54, 1.807) is 6.07 Å². The van der Waals surface area contributed by atoms with Crippen LogP contribution in [0.15, 0.2) is 36.4 Å². The number of aliphatic carboxylic acids is 1. The van der Waals surface area contributed by atoms with E-state index in [1.807, 2.05) is 39.0 Å². The smallest absolute Gasteiger partial charge is 0.309 e. The maximum atomic E-state index is 12.0. The Labute approximate surface area is 360 Å².